The molecule has 1 atom stereocenters. The van der Waals surface area contributed by atoms with Crippen LogP contribution in [-0.4, -0.2) is 76.2 Å². The lowest BCUT2D eigenvalue weighted by Crippen LogP contribution is -2.54. The van der Waals surface area contributed by atoms with Gasteiger partial charge < -0.3 is 24.6 Å². The summed E-state index contributed by atoms with van der Waals surface area (Å²) in [6.07, 6.45) is 2.99. The molecule has 3 aliphatic rings. The molecule has 0 spiro atoms. The maximum Gasteiger partial charge on any atom is 0.416 e. The van der Waals surface area contributed by atoms with Crippen molar-refractivity contribution in [2.75, 3.05) is 38.6 Å². The number of nitrogens with zero attached hydrogens (tertiary/aromatic N) is 6. The molecule has 6 rings (SSSR count). The largest absolute Gasteiger partial charge is 0.416 e. The van der Waals surface area contributed by atoms with Crippen LogP contribution in [0.25, 0.3) is 0 Å². The molecule has 0 unspecified atom stereocenters. The van der Waals surface area contributed by atoms with Crippen LogP contribution in [-0.2, 0) is 36.5 Å². The van der Waals surface area contributed by atoms with Gasteiger partial charge in [0.2, 0.25) is 5.91 Å². The van der Waals surface area contributed by atoms with Crippen LogP contribution >= 0.6 is 0 Å². The van der Waals surface area contributed by atoms with Crippen LogP contribution in [0, 0.1) is 5.92 Å². The predicted molar refractivity (Wildman–Crippen MR) is 168 cm³/mol. The molecule has 1 saturated heterocycles. The van der Waals surface area contributed by atoms with Crippen LogP contribution in [0.1, 0.15) is 64.6 Å². The summed E-state index contributed by atoms with van der Waals surface area (Å²) < 4.78 is 45.0. The van der Waals surface area contributed by atoms with Crippen molar-refractivity contribution >= 4 is 17.5 Å². The number of likely N-dealkylation sites (tertiary alicyclic amines) is 1. The first-order valence-corrected chi connectivity index (χ1v) is 15.7. The third-order valence-corrected chi connectivity index (χ3v) is 9.52. The molecule has 9 nitrogen and oxygen atoms in total. The van der Waals surface area contributed by atoms with Crippen LogP contribution < -0.4 is 10.2 Å². The maximum atomic E-state index is 14.4. The zero-order chi connectivity index (χ0) is 32.8. The summed E-state index contributed by atoms with van der Waals surface area (Å²) in [5.74, 6) is 0.804. The molecule has 0 radical (unpaired) electrons. The number of halogens is 3. The summed E-state index contributed by atoms with van der Waals surface area (Å²) in [5, 5.41) is 11.7. The number of hydrogen-bond donors (Lipinski definition) is 1. The fourth-order valence-electron chi connectivity index (χ4n) is 7.18. The highest BCUT2D eigenvalue weighted by molar-refractivity contribution is 6.10. The molecule has 0 bridgehead atoms. The molecule has 2 amide bonds. The Morgan fingerprint density at radius 3 is 2.61 bits per heavy atom. The summed E-state index contributed by atoms with van der Waals surface area (Å²) in [6.45, 7) is 3.92. The van der Waals surface area contributed by atoms with E-state index in [1.54, 1.807) is 29.4 Å². The standard InChI is InChI=1S/C34H40F3N7O2/c1-22-16-33(17-22,32-40-39-21-42(32)4)24-7-5-8-25(15-24)44-20-28-27(31(44)46)13-23(14-29(28)34(35,36)37)18-38-19-26-10-12-43(26)30(45)9-6-11-41(2)3/h5-9,13-15,21-22,26,38H,10-12,16-20H2,1-4H3/b9-6+/t22?,26-,33?/m1/s1. The number of aromatic nitrogens is 3. The molecule has 2 fully saturated rings. The molecular formula is C34H40F3N7O2. The van der Waals surface area contributed by atoms with E-state index in [-0.39, 0.29) is 41.6 Å². The molecule has 244 valence electrons. The summed E-state index contributed by atoms with van der Waals surface area (Å²) in [4.78, 5) is 31.4. The quantitative estimate of drug-likeness (QED) is 0.330. The Balaban J connectivity index is 1.19. The normalized spacial score (nSPS) is 22.8. The zero-order valence-corrected chi connectivity index (χ0v) is 26.6. The van der Waals surface area contributed by atoms with Crippen molar-refractivity contribution in [3.05, 3.63) is 88.5 Å². The number of amides is 2. The minimum absolute atomic E-state index is 0.00721. The van der Waals surface area contributed by atoms with E-state index in [4.69, 9.17) is 0 Å². The van der Waals surface area contributed by atoms with Gasteiger partial charge in [0.05, 0.1) is 17.5 Å². The Bertz CT molecular complexity index is 1660. The molecule has 12 heteroatoms. The van der Waals surface area contributed by atoms with Crippen molar-refractivity contribution in [1.82, 2.24) is 29.9 Å². The van der Waals surface area contributed by atoms with Gasteiger partial charge in [0.1, 0.15) is 12.2 Å². The highest BCUT2D eigenvalue weighted by Gasteiger charge is 2.48. The minimum Gasteiger partial charge on any atom is -0.335 e. The van der Waals surface area contributed by atoms with Crippen molar-refractivity contribution in [2.24, 2.45) is 13.0 Å². The number of carbonyl (C=O) groups is 2. The zero-order valence-electron chi connectivity index (χ0n) is 26.6. The summed E-state index contributed by atoms with van der Waals surface area (Å²) in [5.41, 5.74) is 0.820. The second-order valence-electron chi connectivity index (χ2n) is 13.2. The Hall–Kier alpha value is -4.03. The molecule has 3 heterocycles. The lowest BCUT2D eigenvalue weighted by molar-refractivity contribution is -0.138. The van der Waals surface area contributed by atoms with E-state index in [1.165, 1.54) is 4.90 Å². The molecule has 1 N–H and O–H groups in total. The van der Waals surface area contributed by atoms with Crippen LogP contribution in [0.15, 0.2) is 54.9 Å². The van der Waals surface area contributed by atoms with Crippen molar-refractivity contribution in [2.45, 2.75) is 56.9 Å². The number of hydrogen-bond acceptors (Lipinski definition) is 6. The van der Waals surface area contributed by atoms with E-state index >= 15 is 0 Å². The van der Waals surface area contributed by atoms with Gasteiger partial charge in [0.15, 0.2) is 0 Å². The first kappa shape index (κ1) is 31.9. The van der Waals surface area contributed by atoms with Gasteiger partial charge >= 0.3 is 6.18 Å². The van der Waals surface area contributed by atoms with E-state index in [2.05, 4.69) is 22.4 Å². The monoisotopic (exact) mass is 635 g/mol. The molecule has 3 aromatic rings. The molecule has 46 heavy (non-hydrogen) atoms. The molecule has 2 aliphatic heterocycles. The van der Waals surface area contributed by atoms with Crippen molar-refractivity contribution in [3.8, 4) is 0 Å². The molecule has 1 aliphatic carbocycles. The SMILES string of the molecule is CC1CC(c2cccc(N3Cc4c(cc(CNC[C@H]5CCN5C(=O)/C=C/CN(C)C)cc4C(F)(F)F)C3=O)c2)(c2nncn2C)C1. The van der Waals surface area contributed by atoms with Gasteiger partial charge in [-0.05, 0) is 80.2 Å². The Morgan fingerprint density at radius 1 is 1.20 bits per heavy atom. The Kier molecular flexibility index (Phi) is 8.53. The second-order valence-corrected chi connectivity index (χ2v) is 13.2. The lowest BCUT2D eigenvalue weighted by atomic mass is 9.58. The highest BCUT2D eigenvalue weighted by atomic mass is 19.4. The van der Waals surface area contributed by atoms with E-state index in [9.17, 15) is 22.8 Å². The van der Waals surface area contributed by atoms with E-state index in [0.717, 1.165) is 36.7 Å². The average Bonchev–Trinajstić information content (AvgIpc) is 3.54. The number of alkyl halides is 3. The topological polar surface area (TPSA) is 86.6 Å². The van der Waals surface area contributed by atoms with Gasteiger partial charge in [0, 0.05) is 56.6 Å². The fourth-order valence-corrected chi connectivity index (χ4v) is 7.18. The molecule has 1 aromatic heterocycles. The van der Waals surface area contributed by atoms with E-state index in [1.807, 2.05) is 54.9 Å². The summed E-state index contributed by atoms with van der Waals surface area (Å²) in [7, 11) is 5.75. The number of likely N-dealkylation sites (N-methyl/N-ethyl adjacent to an activating group) is 1. The van der Waals surface area contributed by atoms with Gasteiger partial charge in [-0.25, -0.2) is 0 Å². The van der Waals surface area contributed by atoms with E-state index < -0.39 is 17.6 Å². The number of nitrogens with one attached hydrogen (secondary N) is 1. The third kappa shape index (κ3) is 5.95. The number of rotatable bonds is 10. The first-order chi connectivity index (χ1) is 21.9. The van der Waals surface area contributed by atoms with Gasteiger partial charge in [-0.1, -0.05) is 25.1 Å². The van der Waals surface area contributed by atoms with Crippen molar-refractivity contribution in [1.29, 1.82) is 0 Å². The van der Waals surface area contributed by atoms with Gasteiger partial charge in [-0.2, -0.15) is 13.2 Å². The van der Waals surface area contributed by atoms with Crippen molar-refractivity contribution in [3.63, 3.8) is 0 Å². The fraction of sp³-hybridized carbons (Fsp3) is 0.471. The Labute approximate surface area is 267 Å². The average molecular weight is 636 g/mol. The van der Waals surface area contributed by atoms with Gasteiger partial charge in [0.25, 0.3) is 5.91 Å². The van der Waals surface area contributed by atoms with E-state index in [0.29, 0.717) is 36.8 Å². The maximum absolute atomic E-state index is 14.4. The highest BCUT2D eigenvalue weighted by Crippen LogP contribution is 2.52. The Morgan fingerprint density at radius 2 is 1.98 bits per heavy atom. The molecule has 2 aromatic carbocycles. The number of fused-ring (bicyclic) bond motifs is 1. The molecular weight excluding hydrogens is 595 g/mol. The number of aryl methyl sites for hydroxylation is 1. The second kappa shape index (κ2) is 12.3. The summed E-state index contributed by atoms with van der Waals surface area (Å²) in [6, 6.07) is 10.2. The van der Waals surface area contributed by atoms with Crippen LogP contribution in [0.2, 0.25) is 0 Å². The predicted octanol–water partition coefficient (Wildman–Crippen LogP) is 4.52. The van der Waals surface area contributed by atoms with Gasteiger partial charge in [-0.15, -0.1) is 10.2 Å². The number of carbonyl (C=O) groups excluding carboxylic acids is 2. The third-order valence-electron chi connectivity index (χ3n) is 9.52. The van der Waals surface area contributed by atoms with Crippen LogP contribution in [0.3, 0.4) is 0 Å². The van der Waals surface area contributed by atoms with Crippen molar-refractivity contribution < 1.29 is 22.8 Å². The molecule has 1 saturated carbocycles. The lowest BCUT2D eigenvalue weighted by Gasteiger charge is -2.46. The van der Waals surface area contributed by atoms with Crippen LogP contribution in [0.4, 0.5) is 18.9 Å². The summed E-state index contributed by atoms with van der Waals surface area (Å²) >= 11 is 0. The number of benzene rings is 2. The first-order valence-electron chi connectivity index (χ1n) is 15.7. The minimum atomic E-state index is -4.62. The van der Waals surface area contributed by atoms with Gasteiger partial charge in [-0.3, -0.25) is 9.59 Å². The smallest absolute Gasteiger partial charge is 0.335 e. The van der Waals surface area contributed by atoms with Crippen LogP contribution in [0.5, 0.6) is 0 Å². The number of anilines is 1.